The van der Waals surface area contributed by atoms with Crippen molar-refractivity contribution >= 4 is 11.6 Å². The summed E-state index contributed by atoms with van der Waals surface area (Å²) >= 11 is 5.88. The summed E-state index contributed by atoms with van der Waals surface area (Å²) < 4.78 is 0. The van der Waals surface area contributed by atoms with Crippen LogP contribution in [0.1, 0.15) is 26.3 Å². The topological polar surface area (TPSA) is 29.3 Å². The highest BCUT2D eigenvalue weighted by atomic mass is 35.5. The summed E-state index contributed by atoms with van der Waals surface area (Å²) in [5.41, 5.74) is 7.21. The van der Waals surface area contributed by atoms with Crippen LogP contribution in [-0.4, -0.2) is 24.0 Å². The van der Waals surface area contributed by atoms with Crippen molar-refractivity contribution in [2.45, 2.75) is 32.9 Å². The van der Waals surface area contributed by atoms with Gasteiger partial charge in [-0.1, -0.05) is 37.6 Å². The van der Waals surface area contributed by atoms with Crippen LogP contribution >= 0.6 is 11.6 Å². The van der Waals surface area contributed by atoms with E-state index in [1.807, 2.05) is 12.1 Å². The minimum absolute atomic E-state index is 0.0274. The number of nitrogens with two attached hydrogens (primary N) is 1. The van der Waals surface area contributed by atoms with E-state index in [0.29, 0.717) is 12.5 Å². The Balaban J connectivity index is 2.77. The van der Waals surface area contributed by atoms with Crippen LogP contribution in [-0.2, 0) is 6.54 Å². The van der Waals surface area contributed by atoms with Crippen LogP contribution < -0.4 is 5.73 Å². The maximum absolute atomic E-state index is 5.92. The van der Waals surface area contributed by atoms with Gasteiger partial charge in [-0.2, -0.15) is 0 Å². The van der Waals surface area contributed by atoms with Gasteiger partial charge in [0, 0.05) is 23.7 Å². The first-order valence-electron chi connectivity index (χ1n) is 6.06. The fraction of sp³-hybridized carbons (Fsp3) is 0.571. The Morgan fingerprint density at radius 2 is 1.82 bits per heavy atom. The Kier molecular flexibility index (Phi) is 4.99. The van der Waals surface area contributed by atoms with Gasteiger partial charge in [0.1, 0.15) is 0 Å². The average Bonchev–Trinajstić information content (AvgIpc) is 2.30. The monoisotopic (exact) mass is 254 g/mol. The fourth-order valence-electron chi connectivity index (χ4n) is 1.88. The van der Waals surface area contributed by atoms with Crippen molar-refractivity contribution in [3.63, 3.8) is 0 Å². The normalized spacial score (nSPS) is 15.3. The summed E-state index contributed by atoms with van der Waals surface area (Å²) in [5.74, 6) is 0.518. The zero-order valence-electron chi connectivity index (χ0n) is 11.2. The molecule has 96 valence electrons. The molecule has 0 heterocycles. The molecule has 1 atom stereocenters. The first-order valence-corrected chi connectivity index (χ1v) is 6.43. The minimum Gasteiger partial charge on any atom is -0.329 e. The molecule has 0 aliphatic carbocycles. The Morgan fingerprint density at radius 3 is 2.24 bits per heavy atom. The molecule has 2 N–H and O–H groups in total. The molecule has 1 aromatic carbocycles. The number of rotatable bonds is 5. The maximum atomic E-state index is 5.92. The van der Waals surface area contributed by atoms with Gasteiger partial charge in [0.15, 0.2) is 0 Å². The van der Waals surface area contributed by atoms with Crippen molar-refractivity contribution < 1.29 is 0 Å². The predicted molar refractivity (Wildman–Crippen MR) is 75.2 cm³/mol. The number of likely N-dealkylation sites (N-methyl/N-ethyl adjacent to an activating group) is 1. The second-order valence-corrected chi connectivity index (χ2v) is 5.63. The van der Waals surface area contributed by atoms with E-state index < -0.39 is 0 Å². The minimum atomic E-state index is 0.0274. The third kappa shape index (κ3) is 3.44. The van der Waals surface area contributed by atoms with Crippen LogP contribution in [0.15, 0.2) is 24.3 Å². The highest BCUT2D eigenvalue weighted by molar-refractivity contribution is 6.30. The van der Waals surface area contributed by atoms with Crippen molar-refractivity contribution in [1.29, 1.82) is 0 Å². The number of halogens is 1. The summed E-state index contributed by atoms with van der Waals surface area (Å²) in [5, 5.41) is 0.779. The van der Waals surface area contributed by atoms with E-state index >= 15 is 0 Å². The molecule has 1 unspecified atom stereocenters. The van der Waals surface area contributed by atoms with E-state index in [-0.39, 0.29) is 5.54 Å². The molecule has 0 bridgehead atoms. The zero-order chi connectivity index (χ0) is 13.1. The lowest BCUT2D eigenvalue weighted by atomic mass is 9.86. The molecule has 0 amide bonds. The highest BCUT2D eigenvalue weighted by Crippen LogP contribution is 2.24. The first kappa shape index (κ1) is 14.5. The van der Waals surface area contributed by atoms with E-state index in [1.165, 1.54) is 5.56 Å². The Morgan fingerprint density at radius 1 is 1.29 bits per heavy atom. The molecule has 0 saturated heterocycles. The summed E-state index contributed by atoms with van der Waals surface area (Å²) in [7, 11) is 2.13. The van der Waals surface area contributed by atoms with Gasteiger partial charge in [0.2, 0.25) is 0 Å². The Hall–Kier alpha value is -0.570. The van der Waals surface area contributed by atoms with Gasteiger partial charge in [-0.05, 0) is 37.6 Å². The van der Waals surface area contributed by atoms with E-state index in [1.54, 1.807) is 0 Å². The predicted octanol–water partition coefficient (Wildman–Crippen LogP) is 3.15. The smallest absolute Gasteiger partial charge is 0.0406 e. The van der Waals surface area contributed by atoms with Crippen molar-refractivity contribution in [3.8, 4) is 0 Å². The van der Waals surface area contributed by atoms with Gasteiger partial charge >= 0.3 is 0 Å². The Bertz CT molecular complexity index is 348. The molecule has 1 aromatic rings. The standard InChI is InChI=1S/C14H23ClN2/c1-11(2)14(3,10-16)17(4)9-12-5-7-13(15)8-6-12/h5-8,11H,9-10,16H2,1-4H3. The molecule has 0 radical (unpaired) electrons. The van der Waals surface area contributed by atoms with Crippen LogP contribution in [0.2, 0.25) is 5.02 Å². The largest absolute Gasteiger partial charge is 0.329 e. The Labute approximate surface area is 110 Å². The molecular formula is C14H23ClN2. The van der Waals surface area contributed by atoms with Crippen molar-refractivity contribution in [3.05, 3.63) is 34.9 Å². The van der Waals surface area contributed by atoms with Gasteiger partial charge < -0.3 is 5.73 Å². The van der Waals surface area contributed by atoms with Crippen molar-refractivity contribution in [1.82, 2.24) is 4.90 Å². The zero-order valence-corrected chi connectivity index (χ0v) is 12.0. The van der Waals surface area contributed by atoms with E-state index in [0.717, 1.165) is 11.6 Å². The van der Waals surface area contributed by atoms with Crippen molar-refractivity contribution in [2.24, 2.45) is 11.7 Å². The molecule has 0 spiro atoms. The summed E-state index contributed by atoms with van der Waals surface area (Å²) in [6, 6.07) is 7.99. The summed E-state index contributed by atoms with van der Waals surface area (Å²) in [6.07, 6.45) is 0. The molecule has 0 fully saturated rings. The maximum Gasteiger partial charge on any atom is 0.0406 e. The van der Waals surface area contributed by atoms with Gasteiger partial charge in [-0.3, -0.25) is 4.90 Å². The van der Waals surface area contributed by atoms with Crippen LogP contribution in [0.3, 0.4) is 0 Å². The lowest BCUT2D eigenvalue weighted by Crippen LogP contribution is -2.53. The second kappa shape index (κ2) is 5.85. The van der Waals surface area contributed by atoms with E-state index in [9.17, 15) is 0 Å². The molecule has 0 saturated carbocycles. The van der Waals surface area contributed by atoms with Gasteiger partial charge in [0.25, 0.3) is 0 Å². The van der Waals surface area contributed by atoms with Crippen LogP contribution in [0, 0.1) is 5.92 Å². The SMILES string of the molecule is CC(C)C(C)(CN)N(C)Cc1ccc(Cl)cc1. The van der Waals surface area contributed by atoms with Crippen LogP contribution in [0.5, 0.6) is 0 Å². The summed E-state index contributed by atoms with van der Waals surface area (Å²) in [4.78, 5) is 2.32. The van der Waals surface area contributed by atoms with E-state index in [4.69, 9.17) is 17.3 Å². The molecule has 0 aliphatic rings. The lowest BCUT2D eigenvalue weighted by Gasteiger charge is -2.41. The number of benzene rings is 1. The van der Waals surface area contributed by atoms with Crippen LogP contribution in [0.25, 0.3) is 0 Å². The third-order valence-corrected chi connectivity index (χ3v) is 4.11. The molecular weight excluding hydrogens is 232 g/mol. The quantitative estimate of drug-likeness (QED) is 0.875. The molecule has 2 nitrogen and oxygen atoms in total. The number of nitrogens with zero attached hydrogens (tertiary/aromatic N) is 1. The average molecular weight is 255 g/mol. The summed E-state index contributed by atoms with van der Waals surface area (Å²) in [6.45, 7) is 8.20. The first-order chi connectivity index (χ1) is 7.90. The van der Waals surface area contributed by atoms with E-state index in [2.05, 4.69) is 44.9 Å². The molecule has 0 aromatic heterocycles. The fourth-order valence-corrected chi connectivity index (χ4v) is 2.00. The van der Waals surface area contributed by atoms with Gasteiger partial charge in [0.05, 0.1) is 0 Å². The molecule has 0 aliphatic heterocycles. The van der Waals surface area contributed by atoms with Crippen LogP contribution in [0.4, 0.5) is 0 Å². The lowest BCUT2D eigenvalue weighted by molar-refractivity contribution is 0.0878. The number of hydrogen-bond acceptors (Lipinski definition) is 2. The van der Waals surface area contributed by atoms with Gasteiger partial charge in [-0.25, -0.2) is 0 Å². The van der Waals surface area contributed by atoms with Crippen molar-refractivity contribution in [2.75, 3.05) is 13.6 Å². The van der Waals surface area contributed by atoms with Gasteiger partial charge in [-0.15, -0.1) is 0 Å². The molecule has 3 heteroatoms. The third-order valence-electron chi connectivity index (χ3n) is 3.86. The number of hydrogen-bond donors (Lipinski definition) is 1. The second-order valence-electron chi connectivity index (χ2n) is 5.20. The molecule has 17 heavy (non-hydrogen) atoms. The highest BCUT2D eigenvalue weighted by Gasteiger charge is 2.31. The molecule has 1 rings (SSSR count).